The first kappa shape index (κ1) is 14.3. The maximum Gasteiger partial charge on any atom is 0.358 e. The van der Waals surface area contributed by atoms with Crippen molar-refractivity contribution in [1.29, 1.82) is 0 Å². The molecule has 1 aromatic heterocycles. The van der Waals surface area contributed by atoms with E-state index < -0.39 is 0 Å². The molecule has 1 unspecified atom stereocenters. The highest BCUT2D eigenvalue weighted by Gasteiger charge is 2.17. The van der Waals surface area contributed by atoms with Gasteiger partial charge in [0.15, 0.2) is 10.8 Å². The molecule has 1 atom stereocenters. The third kappa shape index (κ3) is 3.91. The molecular weight excluding hydrogens is 264 g/mol. The number of aromatic nitrogens is 1. The number of esters is 1. The lowest BCUT2D eigenvalue weighted by Crippen LogP contribution is -2.12. The molecule has 0 bridgehead atoms. The number of nitrogens with one attached hydrogen (secondary N) is 1. The topological polar surface area (TPSA) is 60.5 Å². The third-order valence-corrected chi connectivity index (χ3v) is 3.96. The van der Waals surface area contributed by atoms with Crippen LogP contribution in [0, 0.1) is 6.92 Å². The molecule has 2 heterocycles. The second kappa shape index (κ2) is 6.86. The molecule has 1 N–H and O–H groups in total. The van der Waals surface area contributed by atoms with Gasteiger partial charge in [-0.05, 0) is 33.1 Å². The molecule has 0 spiro atoms. The first-order chi connectivity index (χ1) is 9.20. The van der Waals surface area contributed by atoms with Crippen molar-refractivity contribution >= 4 is 22.4 Å². The molecule has 5 nitrogen and oxygen atoms in total. The van der Waals surface area contributed by atoms with Crippen LogP contribution in [0.4, 0.5) is 5.13 Å². The van der Waals surface area contributed by atoms with Gasteiger partial charge in [0.1, 0.15) is 0 Å². The number of aryl methyl sites for hydroxylation is 1. The summed E-state index contributed by atoms with van der Waals surface area (Å²) in [6.07, 6.45) is 3.66. The highest BCUT2D eigenvalue weighted by atomic mass is 32.1. The van der Waals surface area contributed by atoms with Crippen molar-refractivity contribution in [2.24, 2.45) is 0 Å². The van der Waals surface area contributed by atoms with E-state index in [1.54, 1.807) is 6.92 Å². The summed E-state index contributed by atoms with van der Waals surface area (Å²) in [7, 11) is 0. The van der Waals surface area contributed by atoms with Crippen LogP contribution in [0.1, 0.15) is 41.6 Å². The lowest BCUT2D eigenvalue weighted by Gasteiger charge is -2.08. The van der Waals surface area contributed by atoms with Crippen LogP contribution in [0.2, 0.25) is 0 Å². The Morgan fingerprint density at radius 2 is 2.47 bits per heavy atom. The number of hydrogen-bond donors (Lipinski definition) is 1. The summed E-state index contributed by atoms with van der Waals surface area (Å²) >= 11 is 1.49. The number of carbonyl (C=O) groups excluding carboxylic acids is 1. The molecule has 2 rings (SSSR count). The zero-order valence-corrected chi connectivity index (χ0v) is 12.2. The highest BCUT2D eigenvalue weighted by molar-refractivity contribution is 7.15. The Bertz CT molecular complexity index is 428. The van der Waals surface area contributed by atoms with Gasteiger partial charge in [0.05, 0.1) is 12.7 Å². The van der Waals surface area contributed by atoms with Crippen molar-refractivity contribution in [3.63, 3.8) is 0 Å². The van der Waals surface area contributed by atoms with Gasteiger partial charge < -0.3 is 14.8 Å². The molecule has 0 aromatic carbocycles. The van der Waals surface area contributed by atoms with Gasteiger partial charge in [-0.3, -0.25) is 0 Å². The van der Waals surface area contributed by atoms with Gasteiger partial charge >= 0.3 is 5.97 Å². The Morgan fingerprint density at radius 1 is 1.63 bits per heavy atom. The molecular formula is C13H20N2O3S. The van der Waals surface area contributed by atoms with Gasteiger partial charge in [0.2, 0.25) is 0 Å². The van der Waals surface area contributed by atoms with E-state index in [9.17, 15) is 4.79 Å². The van der Waals surface area contributed by atoms with Gasteiger partial charge in [-0.2, -0.15) is 0 Å². The quantitative estimate of drug-likeness (QED) is 0.814. The molecule has 6 heteroatoms. The minimum absolute atomic E-state index is 0.344. The second-order valence-corrected chi connectivity index (χ2v) is 5.70. The van der Waals surface area contributed by atoms with Crippen molar-refractivity contribution in [3.05, 3.63) is 10.6 Å². The van der Waals surface area contributed by atoms with E-state index in [1.807, 2.05) is 6.92 Å². The van der Waals surface area contributed by atoms with E-state index in [1.165, 1.54) is 11.3 Å². The van der Waals surface area contributed by atoms with Gasteiger partial charge in [-0.25, -0.2) is 9.78 Å². The van der Waals surface area contributed by atoms with Gasteiger partial charge in [-0.1, -0.05) is 0 Å². The molecule has 0 amide bonds. The fourth-order valence-corrected chi connectivity index (χ4v) is 2.90. The average molecular weight is 284 g/mol. The van der Waals surface area contributed by atoms with Crippen LogP contribution in [-0.4, -0.2) is 36.8 Å². The highest BCUT2D eigenvalue weighted by Crippen LogP contribution is 2.23. The lowest BCUT2D eigenvalue weighted by atomic mass is 10.2. The zero-order valence-electron chi connectivity index (χ0n) is 11.4. The summed E-state index contributed by atoms with van der Waals surface area (Å²) in [4.78, 5) is 16.8. The smallest absolute Gasteiger partial charge is 0.358 e. The Balaban J connectivity index is 1.83. The van der Waals surface area contributed by atoms with Crippen molar-refractivity contribution < 1.29 is 14.3 Å². The Kier molecular flexibility index (Phi) is 5.15. The van der Waals surface area contributed by atoms with Gasteiger partial charge in [0.25, 0.3) is 0 Å². The average Bonchev–Trinajstić information content (AvgIpc) is 2.99. The van der Waals surface area contributed by atoms with Crippen LogP contribution in [-0.2, 0) is 9.47 Å². The van der Waals surface area contributed by atoms with E-state index >= 15 is 0 Å². The molecule has 0 aliphatic carbocycles. The molecule has 1 fully saturated rings. The SMILES string of the molecule is CCOC(=O)c1nc(NCCC2CCCO2)sc1C. The molecule has 1 aliphatic heterocycles. The molecule has 19 heavy (non-hydrogen) atoms. The number of hydrogen-bond acceptors (Lipinski definition) is 6. The third-order valence-electron chi connectivity index (χ3n) is 3.03. The summed E-state index contributed by atoms with van der Waals surface area (Å²) in [5, 5.41) is 4.03. The fourth-order valence-electron chi connectivity index (χ4n) is 2.07. The Hall–Kier alpha value is -1.14. The predicted molar refractivity (Wildman–Crippen MR) is 74.9 cm³/mol. The standard InChI is InChI=1S/C13H20N2O3S/c1-3-17-12(16)11-9(2)19-13(15-11)14-7-6-10-5-4-8-18-10/h10H,3-8H2,1-2H3,(H,14,15). The minimum atomic E-state index is -0.344. The van der Waals surface area contributed by atoms with Gasteiger partial charge in [0, 0.05) is 18.0 Å². The molecule has 1 aromatic rings. The monoisotopic (exact) mass is 284 g/mol. The Morgan fingerprint density at radius 3 is 3.16 bits per heavy atom. The summed E-state index contributed by atoms with van der Waals surface area (Å²) < 4.78 is 10.5. The normalized spacial score (nSPS) is 18.5. The van der Waals surface area contributed by atoms with Crippen LogP contribution in [0.15, 0.2) is 0 Å². The van der Waals surface area contributed by atoms with Crippen LogP contribution >= 0.6 is 11.3 Å². The van der Waals surface area contributed by atoms with Crippen LogP contribution in [0.25, 0.3) is 0 Å². The molecule has 106 valence electrons. The van der Waals surface area contributed by atoms with Crippen molar-refractivity contribution in [1.82, 2.24) is 4.98 Å². The summed E-state index contributed by atoms with van der Waals surface area (Å²) in [6.45, 7) is 5.75. The van der Waals surface area contributed by atoms with E-state index in [0.29, 0.717) is 18.4 Å². The summed E-state index contributed by atoms with van der Waals surface area (Å²) in [5.74, 6) is -0.344. The summed E-state index contributed by atoms with van der Waals surface area (Å²) in [5.41, 5.74) is 0.423. The van der Waals surface area contributed by atoms with E-state index in [4.69, 9.17) is 9.47 Å². The number of nitrogens with zero attached hydrogens (tertiary/aromatic N) is 1. The van der Waals surface area contributed by atoms with Crippen molar-refractivity contribution in [2.45, 2.75) is 39.2 Å². The maximum atomic E-state index is 11.6. The molecule has 0 saturated carbocycles. The predicted octanol–water partition coefficient (Wildman–Crippen LogP) is 2.61. The van der Waals surface area contributed by atoms with Crippen LogP contribution in [0.3, 0.4) is 0 Å². The van der Waals surface area contributed by atoms with Crippen molar-refractivity contribution in [3.8, 4) is 0 Å². The Labute approximate surface area is 117 Å². The fraction of sp³-hybridized carbons (Fsp3) is 0.692. The largest absolute Gasteiger partial charge is 0.461 e. The molecule has 1 saturated heterocycles. The van der Waals surface area contributed by atoms with Crippen LogP contribution in [0.5, 0.6) is 0 Å². The first-order valence-electron chi connectivity index (χ1n) is 6.70. The number of thiazole rings is 1. The zero-order chi connectivity index (χ0) is 13.7. The second-order valence-electron chi connectivity index (χ2n) is 4.49. The lowest BCUT2D eigenvalue weighted by molar-refractivity contribution is 0.0519. The summed E-state index contributed by atoms with van der Waals surface area (Å²) in [6, 6.07) is 0. The first-order valence-corrected chi connectivity index (χ1v) is 7.52. The number of carbonyl (C=O) groups is 1. The molecule has 0 radical (unpaired) electrons. The maximum absolute atomic E-state index is 11.6. The number of anilines is 1. The number of ether oxygens (including phenoxy) is 2. The minimum Gasteiger partial charge on any atom is -0.461 e. The van der Waals surface area contributed by atoms with Crippen molar-refractivity contribution in [2.75, 3.05) is 25.1 Å². The van der Waals surface area contributed by atoms with E-state index in [-0.39, 0.29) is 5.97 Å². The van der Waals surface area contributed by atoms with Gasteiger partial charge in [-0.15, -0.1) is 11.3 Å². The molecule has 1 aliphatic rings. The van der Waals surface area contributed by atoms with E-state index in [0.717, 1.165) is 42.4 Å². The number of rotatable bonds is 6. The van der Waals surface area contributed by atoms with E-state index in [2.05, 4.69) is 10.3 Å². The van der Waals surface area contributed by atoms with Crippen LogP contribution < -0.4 is 5.32 Å².